The number of nitrogens with zero attached hydrogens (tertiary/aromatic N) is 3. The van der Waals surface area contributed by atoms with Crippen LogP contribution in [0.2, 0.25) is 0 Å². The van der Waals surface area contributed by atoms with Gasteiger partial charge in [0, 0.05) is 18.3 Å². The molecule has 0 fully saturated rings. The first-order valence-electron chi connectivity index (χ1n) is 6.24. The Balaban J connectivity index is 1.90. The Labute approximate surface area is 116 Å². The first-order chi connectivity index (χ1) is 9.71. The van der Waals surface area contributed by atoms with Gasteiger partial charge in [0.25, 0.3) is 0 Å². The normalized spacial score (nSPS) is 10.3. The lowest BCUT2D eigenvalue weighted by atomic mass is 10.3. The maximum Gasteiger partial charge on any atom is 0.246 e. The number of aromatic nitrogens is 3. The average molecular weight is 275 g/mol. The molecule has 0 aliphatic carbocycles. The van der Waals surface area contributed by atoms with Crippen molar-refractivity contribution in [3.05, 3.63) is 36.2 Å². The Hall–Kier alpha value is -2.41. The Bertz CT molecular complexity index is 564. The standard InChI is InChI=1S/C13H17N5O2/c1-20-12-4-2-10(3-5-12)15-13(19)9-18-8-11(6-7-14)16-17-18/h2-5,8H,6-7,9,14H2,1H3,(H,15,19). The van der Waals surface area contributed by atoms with Crippen LogP contribution in [0.4, 0.5) is 5.69 Å². The van der Waals surface area contributed by atoms with Crippen LogP contribution in [0.15, 0.2) is 30.5 Å². The van der Waals surface area contributed by atoms with Crippen molar-refractivity contribution in [3.63, 3.8) is 0 Å². The van der Waals surface area contributed by atoms with Crippen LogP contribution in [-0.2, 0) is 17.8 Å². The highest BCUT2D eigenvalue weighted by molar-refractivity contribution is 5.90. The maximum atomic E-state index is 11.8. The van der Waals surface area contributed by atoms with Crippen LogP contribution >= 0.6 is 0 Å². The number of methoxy groups -OCH3 is 1. The predicted octanol–water partition coefficient (Wildman–Crippen LogP) is 0.427. The lowest BCUT2D eigenvalue weighted by molar-refractivity contribution is -0.116. The Morgan fingerprint density at radius 2 is 2.15 bits per heavy atom. The summed E-state index contributed by atoms with van der Waals surface area (Å²) in [7, 11) is 1.59. The molecule has 1 aromatic heterocycles. The van der Waals surface area contributed by atoms with E-state index in [1.165, 1.54) is 4.68 Å². The number of hydrogen-bond donors (Lipinski definition) is 2. The number of anilines is 1. The number of nitrogens with one attached hydrogen (secondary N) is 1. The van der Waals surface area contributed by atoms with Crippen LogP contribution in [0.5, 0.6) is 5.75 Å². The summed E-state index contributed by atoms with van der Waals surface area (Å²) in [5.74, 6) is 0.574. The fourth-order valence-electron chi connectivity index (χ4n) is 1.70. The minimum Gasteiger partial charge on any atom is -0.497 e. The van der Waals surface area contributed by atoms with E-state index in [1.807, 2.05) is 0 Å². The highest BCUT2D eigenvalue weighted by atomic mass is 16.5. The molecule has 7 heteroatoms. The van der Waals surface area contributed by atoms with Gasteiger partial charge in [0.15, 0.2) is 0 Å². The van der Waals surface area contributed by atoms with Gasteiger partial charge >= 0.3 is 0 Å². The van der Waals surface area contributed by atoms with Crippen molar-refractivity contribution in [1.82, 2.24) is 15.0 Å². The largest absolute Gasteiger partial charge is 0.497 e. The Morgan fingerprint density at radius 1 is 1.40 bits per heavy atom. The van der Waals surface area contributed by atoms with E-state index >= 15 is 0 Å². The van der Waals surface area contributed by atoms with E-state index in [-0.39, 0.29) is 12.5 Å². The molecule has 1 aromatic carbocycles. The average Bonchev–Trinajstić information content (AvgIpc) is 2.87. The molecule has 3 N–H and O–H groups in total. The first kappa shape index (κ1) is 14.0. The fourth-order valence-corrected chi connectivity index (χ4v) is 1.70. The van der Waals surface area contributed by atoms with Crippen molar-refractivity contribution >= 4 is 11.6 Å². The summed E-state index contributed by atoms with van der Waals surface area (Å²) in [6, 6.07) is 7.12. The quantitative estimate of drug-likeness (QED) is 0.797. The van der Waals surface area contributed by atoms with Gasteiger partial charge in [0.05, 0.1) is 12.8 Å². The monoisotopic (exact) mass is 275 g/mol. The number of rotatable bonds is 6. The van der Waals surface area contributed by atoms with Gasteiger partial charge in [-0.3, -0.25) is 4.79 Å². The van der Waals surface area contributed by atoms with Crippen molar-refractivity contribution in [3.8, 4) is 5.75 Å². The summed E-state index contributed by atoms with van der Waals surface area (Å²) < 4.78 is 6.54. The molecule has 1 amide bonds. The Morgan fingerprint density at radius 3 is 2.80 bits per heavy atom. The second-order valence-electron chi connectivity index (χ2n) is 4.22. The lowest BCUT2D eigenvalue weighted by Crippen LogP contribution is -2.19. The fraction of sp³-hybridized carbons (Fsp3) is 0.308. The van der Waals surface area contributed by atoms with Crippen LogP contribution in [0, 0.1) is 0 Å². The maximum absolute atomic E-state index is 11.8. The summed E-state index contributed by atoms with van der Waals surface area (Å²) in [4.78, 5) is 11.8. The summed E-state index contributed by atoms with van der Waals surface area (Å²) in [6.45, 7) is 0.625. The molecule has 0 unspecified atom stereocenters. The summed E-state index contributed by atoms with van der Waals surface area (Å²) in [6.07, 6.45) is 2.38. The molecular weight excluding hydrogens is 258 g/mol. The van der Waals surface area contributed by atoms with E-state index < -0.39 is 0 Å². The zero-order valence-corrected chi connectivity index (χ0v) is 11.2. The topological polar surface area (TPSA) is 95.1 Å². The first-order valence-corrected chi connectivity index (χ1v) is 6.24. The molecule has 0 atom stereocenters. The third kappa shape index (κ3) is 3.79. The van der Waals surface area contributed by atoms with E-state index in [0.717, 1.165) is 11.4 Å². The zero-order valence-electron chi connectivity index (χ0n) is 11.2. The van der Waals surface area contributed by atoms with Gasteiger partial charge in [-0.1, -0.05) is 5.21 Å². The molecule has 0 aliphatic rings. The third-order valence-corrected chi connectivity index (χ3v) is 2.67. The van der Waals surface area contributed by atoms with Crippen molar-refractivity contribution < 1.29 is 9.53 Å². The SMILES string of the molecule is COc1ccc(NC(=O)Cn2cc(CCN)nn2)cc1. The van der Waals surface area contributed by atoms with Crippen LogP contribution in [0.25, 0.3) is 0 Å². The van der Waals surface area contributed by atoms with E-state index in [1.54, 1.807) is 37.6 Å². The Kier molecular flexibility index (Phi) is 4.67. The van der Waals surface area contributed by atoms with E-state index in [4.69, 9.17) is 10.5 Å². The van der Waals surface area contributed by atoms with Gasteiger partial charge in [-0.2, -0.15) is 0 Å². The molecule has 0 radical (unpaired) electrons. The number of nitrogens with two attached hydrogens (primary N) is 1. The number of ether oxygens (including phenoxy) is 1. The highest BCUT2D eigenvalue weighted by Gasteiger charge is 2.06. The number of amides is 1. The van der Waals surface area contributed by atoms with Crippen LogP contribution in [0.3, 0.4) is 0 Å². The number of carbonyl (C=O) groups is 1. The minimum atomic E-state index is -0.167. The number of carbonyl (C=O) groups excluding carboxylic acids is 1. The second kappa shape index (κ2) is 6.67. The van der Waals surface area contributed by atoms with Crippen molar-refractivity contribution in [2.45, 2.75) is 13.0 Å². The number of hydrogen-bond acceptors (Lipinski definition) is 5. The van der Waals surface area contributed by atoms with Crippen molar-refractivity contribution in [2.24, 2.45) is 5.73 Å². The molecule has 106 valence electrons. The van der Waals surface area contributed by atoms with E-state index in [0.29, 0.717) is 18.7 Å². The summed E-state index contributed by atoms with van der Waals surface area (Å²) >= 11 is 0. The van der Waals surface area contributed by atoms with Crippen LogP contribution in [-0.4, -0.2) is 34.6 Å². The molecule has 0 saturated carbocycles. The van der Waals surface area contributed by atoms with Gasteiger partial charge < -0.3 is 15.8 Å². The molecule has 2 rings (SSSR count). The van der Waals surface area contributed by atoms with Crippen molar-refractivity contribution in [1.29, 1.82) is 0 Å². The second-order valence-corrected chi connectivity index (χ2v) is 4.22. The molecule has 20 heavy (non-hydrogen) atoms. The smallest absolute Gasteiger partial charge is 0.246 e. The molecular formula is C13H17N5O2. The van der Waals surface area contributed by atoms with Gasteiger partial charge in [-0.05, 0) is 30.8 Å². The van der Waals surface area contributed by atoms with Crippen LogP contribution in [0.1, 0.15) is 5.69 Å². The van der Waals surface area contributed by atoms with Gasteiger partial charge in [0.2, 0.25) is 5.91 Å². The third-order valence-electron chi connectivity index (χ3n) is 2.67. The molecule has 0 aliphatic heterocycles. The van der Waals surface area contributed by atoms with E-state index in [9.17, 15) is 4.79 Å². The number of benzene rings is 1. The zero-order chi connectivity index (χ0) is 14.4. The molecule has 0 saturated heterocycles. The summed E-state index contributed by atoms with van der Waals surface area (Å²) in [5.41, 5.74) is 6.92. The molecule has 0 bridgehead atoms. The van der Waals surface area contributed by atoms with E-state index in [2.05, 4.69) is 15.6 Å². The molecule has 7 nitrogen and oxygen atoms in total. The van der Waals surface area contributed by atoms with Crippen LogP contribution < -0.4 is 15.8 Å². The molecule has 2 aromatic rings. The highest BCUT2D eigenvalue weighted by Crippen LogP contribution is 2.14. The molecule has 0 spiro atoms. The molecule has 1 heterocycles. The van der Waals surface area contributed by atoms with Gasteiger partial charge in [0.1, 0.15) is 12.3 Å². The minimum absolute atomic E-state index is 0.115. The van der Waals surface area contributed by atoms with Crippen molar-refractivity contribution in [2.75, 3.05) is 19.0 Å². The lowest BCUT2D eigenvalue weighted by Gasteiger charge is -2.06. The van der Waals surface area contributed by atoms with Gasteiger partial charge in [-0.25, -0.2) is 4.68 Å². The predicted molar refractivity (Wildman–Crippen MR) is 74.4 cm³/mol. The summed E-state index contributed by atoms with van der Waals surface area (Å²) in [5, 5.41) is 10.6. The van der Waals surface area contributed by atoms with Gasteiger partial charge in [-0.15, -0.1) is 5.10 Å².